The summed E-state index contributed by atoms with van der Waals surface area (Å²) in [7, 11) is 0. The van der Waals surface area contributed by atoms with E-state index in [9.17, 15) is 9.18 Å². The smallest absolute Gasteiger partial charge is 0.238 e. The first-order chi connectivity index (χ1) is 10.2. The average Bonchev–Trinajstić information content (AvgIpc) is 2.44. The highest BCUT2D eigenvalue weighted by atomic mass is 19.1. The molecule has 0 heterocycles. The van der Waals surface area contributed by atoms with Gasteiger partial charge >= 0.3 is 0 Å². The minimum atomic E-state index is -0.355. The first-order valence-electron chi connectivity index (χ1n) is 7.06. The lowest BCUT2D eigenvalue weighted by Crippen LogP contribution is -2.34. The van der Waals surface area contributed by atoms with Crippen molar-refractivity contribution in [3.8, 4) is 0 Å². The molecule has 4 heteroatoms. The maximum atomic E-state index is 13.0. The molecule has 1 unspecified atom stereocenters. The summed E-state index contributed by atoms with van der Waals surface area (Å²) in [6, 6.07) is 14.3. The van der Waals surface area contributed by atoms with Gasteiger partial charge in [0.25, 0.3) is 0 Å². The Morgan fingerprint density at radius 2 is 2.05 bits per heavy atom. The Kier molecular flexibility index (Phi) is 3.97. The first kappa shape index (κ1) is 13.8. The standard InChI is InChI=1S/C17H17FN2O/c18-14-5-3-6-15(9-14)20-17(21)11-19-10-13-8-12-4-1-2-7-16(12)13/h1-7,9,13,19H,8,10-11H2,(H,20,21). The fourth-order valence-electron chi connectivity index (χ4n) is 2.68. The van der Waals surface area contributed by atoms with Gasteiger partial charge in [0.05, 0.1) is 6.54 Å². The molecule has 0 saturated heterocycles. The van der Waals surface area contributed by atoms with Crippen LogP contribution in [0.25, 0.3) is 0 Å². The van der Waals surface area contributed by atoms with Gasteiger partial charge in [-0.1, -0.05) is 30.3 Å². The van der Waals surface area contributed by atoms with Crippen molar-refractivity contribution >= 4 is 11.6 Å². The number of fused-ring (bicyclic) bond motifs is 1. The van der Waals surface area contributed by atoms with Crippen LogP contribution in [0.5, 0.6) is 0 Å². The van der Waals surface area contributed by atoms with Crippen molar-refractivity contribution in [1.82, 2.24) is 5.32 Å². The highest BCUT2D eigenvalue weighted by Crippen LogP contribution is 2.33. The fraction of sp³-hybridized carbons (Fsp3) is 0.235. The van der Waals surface area contributed by atoms with Crippen LogP contribution in [-0.2, 0) is 11.2 Å². The van der Waals surface area contributed by atoms with Gasteiger partial charge in [0.2, 0.25) is 5.91 Å². The molecule has 3 nitrogen and oxygen atoms in total. The van der Waals surface area contributed by atoms with E-state index >= 15 is 0 Å². The molecular weight excluding hydrogens is 267 g/mol. The van der Waals surface area contributed by atoms with E-state index in [4.69, 9.17) is 0 Å². The van der Waals surface area contributed by atoms with Crippen molar-refractivity contribution in [1.29, 1.82) is 0 Å². The molecule has 2 aromatic rings. The van der Waals surface area contributed by atoms with Crippen molar-refractivity contribution < 1.29 is 9.18 Å². The number of benzene rings is 2. The minimum absolute atomic E-state index is 0.159. The van der Waals surface area contributed by atoms with Crippen LogP contribution in [0.4, 0.5) is 10.1 Å². The molecule has 0 bridgehead atoms. The minimum Gasteiger partial charge on any atom is -0.325 e. The molecule has 0 aromatic heterocycles. The Hall–Kier alpha value is -2.20. The Balaban J connectivity index is 1.43. The first-order valence-corrected chi connectivity index (χ1v) is 7.06. The molecule has 21 heavy (non-hydrogen) atoms. The number of amides is 1. The lowest BCUT2D eigenvalue weighted by molar-refractivity contribution is -0.115. The molecule has 1 aliphatic carbocycles. The van der Waals surface area contributed by atoms with Crippen molar-refractivity contribution in [2.45, 2.75) is 12.3 Å². The van der Waals surface area contributed by atoms with Gasteiger partial charge in [-0.3, -0.25) is 4.79 Å². The van der Waals surface area contributed by atoms with Gasteiger partial charge in [-0.2, -0.15) is 0 Å². The number of rotatable bonds is 5. The predicted molar refractivity (Wildman–Crippen MR) is 80.8 cm³/mol. The summed E-state index contributed by atoms with van der Waals surface area (Å²) in [4.78, 5) is 11.8. The number of anilines is 1. The quantitative estimate of drug-likeness (QED) is 0.886. The predicted octanol–water partition coefficient (Wildman–Crippen LogP) is 2.69. The number of halogens is 1. The Morgan fingerprint density at radius 3 is 2.86 bits per heavy atom. The maximum absolute atomic E-state index is 13.0. The second-order valence-corrected chi connectivity index (χ2v) is 5.29. The summed E-state index contributed by atoms with van der Waals surface area (Å²) in [5, 5.41) is 5.83. The molecule has 0 spiro atoms. The van der Waals surface area contributed by atoms with Crippen LogP contribution in [0.3, 0.4) is 0 Å². The Bertz CT molecular complexity index is 657. The monoisotopic (exact) mass is 284 g/mol. The van der Waals surface area contributed by atoms with E-state index in [0.717, 1.165) is 13.0 Å². The van der Waals surface area contributed by atoms with Crippen LogP contribution in [-0.4, -0.2) is 19.0 Å². The van der Waals surface area contributed by atoms with E-state index < -0.39 is 0 Å². The number of carbonyl (C=O) groups excluding carboxylic acids is 1. The molecule has 0 aliphatic heterocycles. The second kappa shape index (κ2) is 6.06. The molecule has 0 saturated carbocycles. The third-order valence-electron chi connectivity index (χ3n) is 3.75. The maximum Gasteiger partial charge on any atom is 0.238 e. The van der Waals surface area contributed by atoms with Crippen LogP contribution in [0.2, 0.25) is 0 Å². The van der Waals surface area contributed by atoms with Gasteiger partial charge < -0.3 is 10.6 Å². The van der Waals surface area contributed by atoms with Crippen LogP contribution >= 0.6 is 0 Å². The molecule has 2 aromatic carbocycles. The zero-order chi connectivity index (χ0) is 14.7. The van der Waals surface area contributed by atoms with E-state index in [1.54, 1.807) is 12.1 Å². The number of nitrogens with one attached hydrogen (secondary N) is 2. The molecule has 1 atom stereocenters. The summed E-state index contributed by atoms with van der Waals surface area (Å²) in [5.41, 5.74) is 3.25. The zero-order valence-electron chi connectivity index (χ0n) is 11.6. The molecule has 3 rings (SSSR count). The zero-order valence-corrected chi connectivity index (χ0v) is 11.6. The Morgan fingerprint density at radius 1 is 1.19 bits per heavy atom. The van der Waals surface area contributed by atoms with E-state index in [2.05, 4.69) is 28.8 Å². The SMILES string of the molecule is O=C(CNCC1Cc2ccccc21)Nc1cccc(F)c1. The summed E-state index contributed by atoms with van der Waals surface area (Å²) in [5.74, 6) is -0.0248. The van der Waals surface area contributed by atoms with Crippen LogP contribution in [0.15, 0.2) is 48.5 Å². The van der Waals surface area contributed by atoms with Crippen molar-refractivity contribution in [3.63, 3.8) is 0 Å². The molecule has 1 aliphatic rings. The second-order valence-electron chi connectivity index (χ2n) is 5.29. The third kappa shape index (κ3) is 3.28. The van der Waals surface area contributed by atoms with Gasteiger partial charge in [0, 0.05) is 18.2 Å². The molecule has 108 valence electrons. The van der Waals surface area contributed by atoms with Crippen LogP contribution in [0, 0.1) is 5.82 Å². The number of carbonyl (C=O) groups is 1. The number of hydrogen-bond donors (Lipinski definition) is 2. The largest absolute Gasteiger partial charge is 0.325 e. The van der Waals surface area contributed by atoms with Crippen LogP contribution in [0.1, 0.15) is 17.0 Å². The van der Waals surface area contributed by atoms with Crippen molar-refractivity contribution in [2.75, 3.05) is 18.4 Å². The van der Waals surface area contributed by atoms with Crippen molar-refractivity contribution in [3.05, 3.63) is 65.5 Å². The molecule has 0 radical (unpaired) electrons. The van der Waals surface area contributed by atoms with E-state index in [1.807, 2.05) is 6.07 Å². The van der Waals surface area contributed by atoms with E-state index in [-0.39, 0.29) is 18.3 Å². The number of hydrogen-bond acceptors (Lipinski definition) is 2. The molecule has 1 amide bonds. The summed E-state index contributed by atoms with van der Waals surface area (Å²) in [6.07, 6.45) is 1.06. The van der Waals surface area contributed by atoms with Gasteiger partial charge in [-0.05, 0) is 35.7 Å². The average molecular weight is 284 g/mol. The molecule has 0 fully saturated rings. The lowest BCUT2D eigenvalue weighted by atomic mass is 9.78. The molecular formula is C17H17FN2O. The van der Waals surface area contributed by atoms with Crippen LogP contribution < -0.4 is 10.6 Å². The van der Waals surface area contributed by atoms with Crippen molar-refractivity contribution in [2.24, 2.45) is 0 Å². The molecule has 2 N–H and O–H groups in total. The van der Waals surface area contributed by atoms with E-state index in [0.29, 0.717) is 11.6 Å². The summed E-state index contributed by atoms with van der Waals surface area (Å²) >= 11 is 0. The summed E-state index contributed by atoms with van der Waals surface area (Å²) < 4.78 is 13.0. The van der Waals surface area contributed by atoms with Gasteiger partial charge in [0.15, 0.2) is 0 Å². The topological polar surface area (TPSA) is 41.1 Å². The van der Waals surface area contributed by atoms with E-state index in [1.165, 1.54) is 23.3 Å². The fourth-order valence-corrected chi connectivity index (χ4v) is 2.68. The van der Waals surface area contributed by atoms with Gasteiger partial charge in [-0.25, -0.2) is 4.39 Å². The highest BCUT2D eigenvalue weighted by Gasteiger charge is 2.24. The third-order valence-corrected chi connectivity index (χ3v) is 3.75. The van der Waals surface area contributed by atoms with Gasteiger partial charge in [0.1, 0.15) is 5.82 Å². The van der Waals surface area contributed by atoms with Gasteiger partial charge in [-0.15, -0.1) is 0 Å². The highest BCUT2D eigenvalue weighted by molar-refractivity contribution is 5.92. The summed E-state index contributed by atoms with van der Waals surface area (Å²) in [6.45, 7) is 1.02. The lowest BCUT2D eigenvalue weighted by Gasteiger charge is -2.30. The Labute approximate surface area is 123 Å². The normalized spacial score (nSPS) is 16.0.